The first-order valence-corrected chi connectivity index (χ1v) is 10.1. The quantitative estimate of drug-likeness (QED) is 0.517. The van der Waals surface area contributed by atoms with Gasteiger partial charge in [0.05, 0.1) is 31.4 Å². The maximum absolute atomic E-state index is 13.5. The van der Waals surface area contributed by atoms with Gasteiger partial charge in [0.15, 0.2) is 0 Å². The van der Waals surface area contributed by atoms with Gasteiger partial charge in [-0.1, -0.05) is 25.1 Å². The molecule has 0 aliphatic rings. The molecule has 1 aromatic heterocycles. The number of rotatable bonds is 8. The molecule has 1 atom stereocenters. The summed E-state index contributed by atoms with van der Waals surface area (Å²) in [6.45, 7) is 4.36. The second kappa shape index (κ2) is 9.93. The molecule has 0 saturated carbocycles. The topological polar surface area (TPSA) is 73.7 Å². The Morgan fingerprint density at radius 3 is 2.32 bits per heavy atom. The van der Waals surface area contributed by atoms with E-state index in [9.17, 15) is 9.59 Å². The third-order valence-electron chi connectivity index (χ3n) is 5.10. The van der Waals surface area contributed by atoms with Crippen LogP contribution in [-0.4, -0.2) is 53.9 Å². The Hall–Kier alpha value is -3.61. The minimum absolute atomic E-state index is 0.189. The number of ether oxygens (including phenoxy) is 2. The Morgan fingerprint density at radius 1 is 1.06 bits per heavy atom. The van der Waals surface area contributed by atoms with Crippen molar-refractivity contribution < 1.29 is 19.1 Å². The van der Waals surface area contributed by atoms with Crippen molar-refractivity contribution in [2.75, 3.05) is 27.3 Å². The van der Waals surface area contributed by atoms with Gasteiger partial charge in [-0.15, -0.1) is 0 Å². The van der Waals surface area contributed by atoms with Crippen LogP contribution in [0.4, 0.5) is 0 Å². The summed E-state index contributed by atoms with van der Waals surface area (Å²) >= 11 is 0. The molecule has 0 radical (unpaired) electrons. The highest BCUT2D eigenvalue weighted by molar-refractivity contribution is 6.00. The summed E-state index contributed by atoms with van der Waals surface area (Å²) in [5.74, 6) is -0.239. The summed E-state index contributed by atoms with van der Waals surface area (Å²) in [5.41, 5.74) is 2.69. The molecule has 3 aromatic rings. The molecule has 0 aliphatic heterocycles. The van der Waals surface area contributed by atoms with Crippen LogP contribution in [-0.2, 0) is 9.53 Å². The van der Waals surface area contributed by atoms with Crippen LogP contribution in [0.25, 0.3) is 16.9 Å². The van der Waals surface area contributed by atoms with Gasteiger partial charge in [-0.05, 0) is 43.3 Å². The van der Waals surface area contributed by atoms with Crippen LogP contribution in [0.2, 0.25) is 0 Å². The Morgan fingerprint density at radius 2 is 1.74 bits per heavy atom. The zero-order valence-electron chi connectivity index (χ0n) is 18.2. The molecule has 0 spiro atoms. The number of hydrogen-bond donors (Lipinski definition) is 0. The Balaban J connectivity index is 2.02. The molecular formula is C24H27N3O4. The van der Waals surface area contributed by atoms with E-state index in [4.69, 9.17) is 14.6 Å². The smallest absolute Gasteiger partial charge is 0.310 e. The fraction of sp³-hybridized carbons (Fsp3) is 0.292. The first-order valence-electron chi connectivity index (χ1n) is 10.1. The van der Waals surface area contributed by atoms with Crippen molar-refractivity contribution in [2.24, 2.45) is 5.92 Å². The molecule has 162 valence electrons. The number of amides is 1. The normalized spacial score (nSPS) is 11.6. The highest BCUT2D eigenvalue weighted by Gasteiger charge is 2.26. The van der Waals surface area contributed by atoms with Crippen molar-refractivity contribution in [3.05, 3.63) is 66.4 Å². The van der Waals surface area contributed by atoms with Gasteiger partial charge in [-0.25, -0.2) is 4.68 Å². The van der Waals surface area contributed by atoms with Gasteiger partial charge < -0.3 is 14.4 Å². The predicted octanol–water partition coefficient (Wildman–Crippen LogP) is 3.82. The number of carbonyl (C=O) groups is 2. The number of hydrogen-bond acceptors (Lipinski definition) is 5. The standard InChI is InChI=1S/C24H27N3O4/c1-5-26(15-17(2)24(29)31-4)23(28)21-16-27(19-9-7-6-8-10-19)25-22(21)18-11-13-20(30-3)14-12-18/h6-14,16-17H,5,15H2,1-4H3. The number of carbonyl (C=O) groups excluding carboxylic acids is 2. The maximum atomic E-state index is 13.5. The number of nitrogens with zero attached hydrogens (tertiary/aromatic N) is 3. The van der Waals surface area contributed by atoms with Crippen molar-refractivity contribution in [3.8, 4) is 22.7 Å². The zero-order chi connectivity index (χ0) is 22.4. The van der Waals surface area contributed by atoms with E-state index >= 15 is 0 Å². The second-order valence-corrected chi connectivity index (χ2v) is 7.17. The molecule has 0 bridgehead atoms. The first-order chi connectivity index (χ1) is 15.0. The molecule has 1 unspecified atom stereocenters. The molecule has 7 heteroatoms. The van der Waals surface area contributed by atoms with E-state index in [-0.39, 0.29) is 18.4 Å². The van der Waals surface area contributed by atoms with Crippen LogP contribution in [0, 0.1) is 5.92 Å². The molecule has 31 heavy (non-hydrogen) atoms. The van der Waals surface area contributed by atoms with E-state index in [1.54, 1.807) is 29.8 Å². The Kier molecular flexibility index (Phi) is 7.07. The molecular weight excluding hydrogens is 394 g/mol. The van der Waals surface area contributed by atoms with E-state index in [0.29, 0.717) is 17.8 Å². The van der Waals surface area contributed by atoms with Crippen LogP contribution in [0.5, 0.6) is 5.75 Å². The van der Waals surface area contributed by atoms with Gasteiger partial charge in [-0.2, -0.15) is 5.10 Å². The summed E-state index contributed by atoms with van der Waals surface area (Å²) in [6.07, 6.45) is 1.74. The Labute approximate surface area is 182 Å². The van der Waals surface area contributed by atoms with E-state index in [1.807, 2.05) is 61.5 Å². The van der Waals surface area contributed by atoms with E-state index < -0.39 is 5.92 Å². The summed E-state index contributed by atoms with van der Waals surface area (Å²) in [6, 6.07) is 17.0. The molecule has 1 amide bonds. The number of esters is 1. The lowest BCUT2D eigenvalue weighted by molar-refractivity contribution is -0.145. The van der Waals surface area contributed by atoms with Gasteiger partial charge in [0, 0.05) is 24.8 Å². The van der Waals surface area contributed by atoms with Crippen molar-refractivity contribution in [2.45, 2.75) is 13.8 Å². The molecule has 0 N–H and O–H groups in total. The first kappa shape index (κ1) is 22.1. The van der Waals surface area contributed by atoms with Gasteiger partial charge in [0.25, 0.3) is 5.91 Å². The second-order valence-electron chi connectivity index (χ2n) is 7.17. The van der Waals surface area contributed by atoms with E-state index in [0.717, 1.165) is 17.0 Å². The van der Waals surface area contributed by atoms with Crippen LogP contribution >= 0.6 is 0 Å². The van der Waals surface area contributed by atoms with Gasteiger partial charge in [-0.3, -0.25) is 9.59 Å². The molecule has 3 rings (SSSR count). The van der Waals surface area contributed by atoms with Gasteiger partial charge in [0.2, 0.25) is 0 Å². The minimum Gasteiger partial charge on any atom is -0.497 e. The monoisotopic (exact) mass is 421 g/mol. The third-order valence-corrected chi connectivity index (χ3v) is 5.10. The largest absolute Gasteiger partial charge is 0.497 e. The van der Waals surface area contributed by atoms with Crippen molar-refractivity contribution in [3.63, 3.8) is 0 Å². The Bertz CT molecular complexity index is 1030. The predicted molar refractivity (Wildman–Crippen MR) is 118 cm³/mol. The van der Waals surface area contributed by atoms with E-state index in [2.05, 4.69) is 0 Å². The fourth-order valence-electron chi connectivity index (χ4n) is 3.34. The van der Waals surface area contributed by atoms with Crippen molar-refractivity contribution in [1.29, 1.82) is 0 Å². The van der Waals surface area contributed by atoms with Gasteiger partial charge >= 0.3 is 5.97 Å². The summed E-state index contributed by atoms with van der Waals surface area (Å²) in [5, 5.41) is 4.71. The van der Waals surface area contributed by atoms with Crippen LogP contribution in [0.3, 0.4) is 0 Å². The number of benzene rings is 2. The van der Waals surface area contributed by atoms with Crippen LogP contribution in [0.1, 0.15) is 24.2 Å². The molecule has 0 aliphatic carbocycles. The molecule has 7 nitrogen and oxygen atoms in total. The molecule has 1 heterocycles. The van der Waals surface area contributed by atoms with E-state index in [1.165, 1.54) is 7.11 Å². The van der Waals surface area contributed by atoms with Crippen LogP contribution in [0.15, 0.2) is 60.8 Å². The third kappa shape index (κ3) is 4.94. The minimum atomic E-state index is -0.428. The molecule has 0 fully saturated rings. The lowest BCUT2D eigenvalue weighted by Crippen LogP contribution is -2.37. The maximum Gasteiger partial charge on any atom is 0.310 e. The average molecular weight is 421 g/mol. The lowest BCUT2D eigenvalue weighted by Gasteiger charge is -2.23. The zero-order valence-corrected chi connectivity index (χ0v) is 18.2. The van der Waals surface area contributed by atoms with Gasteiger partial charge in [0.1, 0.15) is 11.4 Å². The molecule has 2 aromatic carbocycles. The molecule has 0 saturated heterocycles. The fourth-order valence-corrected chi connectivity index (χ4v) is 3.34. The lowest BCUT2D eigenvalue weighted by atomic mass is 10.1. The average Bonchev–Trinajstić information content (AvgIpc) is 3.27. The van der Waals surface area contributed by atoms with Crippen LogP contribution < -0.4 is 4.74 Å². The highest BCUT2D eigenvalue weighted by Crippen LogP contribution is 2.27. The summed E-state index contributed by atoms with van der Waals surface area (Å²) in [7, 11) is 2.96. The number of methoxy groups -OCH3 is 2. The van der Waals surface area contributed by atoms with Crippen molar-refractivity contribution in [1.82, 2.24) is 14.7 Å². The SMILES string of the molecule is CCN(CC(C)C(=O)OC)C(=O)c1cn(-c2ccccc2)nc1-c1ccc(OC)cc1. The number of aromatic nitrogens is 2. The summed E-state index contributed by atoms with van der Waals surface area (Å²) in [4.78, 5) is 27.0. The summed E-state index contributed by atoms with van der Waals surface area (Å²) < 4.78 is 11.8. The highest BCUT2D eigenvalue weighted by atomic mass is 16.5. The van der Waals surface area contributed by atoms with Crippen molar-refractivity contribution >= 4 is 11.9 Å². The number of para-hydroxylation sites is 1.